The van der Waals surface area contributed by atoms with Crippen LogP contribution >= 0.6 is 11.8 Å². The third-order valence-electron chi connectivity index (χ3n) is 1.77. The van der Waals surface area contributed by atoms with Crippen LogP contribution in [0.5, 0.6) is 11.5 Å². The SMILES string of the molecule is CSCCOc1ccc(O)cc1C(N)=O. The number of ether oxygens (including phenoxy) is 1. The van der Waals surface area contributed by atoms with Crippen molar-refractivity contribution in [2.45, 2.75) is 0 Å². The summed E-state index contributed by atoms with van der Waals surface area (Å²) in [6.45, 7) is 0.506. The van der Waals surface area contributed by atoms with Gasteiger partial charge in [0.15, 0.2) is 0 Å². The second-order valence-corrected chi connectivity index (χ2v) is 3.87. The number of benzene rings is 1. The van der Waals surface area contributed by atoms with Gasteiger partial charge in [0.25, 0.3) is 5.91 Å². The van der Waals surface area contributed by atoms with E-state index in [1.54, 1.807) is 11.8 Å². The number of hydrogen-bond donors (Lipinski definition) is 2. The van der Waals surface area contributed by atoms with E-state index in [-0.39, 0.29) is 11.3 Å². The molecule has 0 saturated carbocycles. The summed E-state index contributed by atoms with van der Waals surface area (Å²) < 4.78 is 5.36. The summed E-state index contributed by atoms with van der Waals surface area (Å²) in [5, 5.41) is 9.19. The lowest BCUT2D eigenvalue weighted by Crippen LogP contribution is -2.13. The lowest BCUT2D eigenvalue weighted by molar-refractivity contribution is 0.0996. The summed E-state index contributed by atoms with van der Waals surface area (Å²) in [4.78, 5) is 11.0. The number of amides is 1. The van der Waals surface area contributed by atoms with Crippen LogP contribution in [-0.4, -0.2) is 29.6 Å². The molecule has 82 valence electrons. The Morgan fingerprint density at radius 3 is 2.93 bits per heavy atom. The predicted octanol–water partition coefficient (Wildman–Crippen LogP) is 1.23. The van der Waals surface area contributed by atoms with Gasteiger partial charge in [0.05, 0.1) is 12.2 Å². The maximum Gasteiger partial charge on any atom is 0.252 e. The van der Waals surface area contributed by atoms with Gasteiger partial charge in [0.1, 0.15) is 11.5 Å². The third-order valence-corrected chi connectivity index (χ3v) is 2.35. The van der Waals surface area contributed by atoms with Gasteiger partial charge in [-0.2, -0.15) is 11.8 Å². The van der Waals surface area contributed by atoms with E-state index in [1.165, 1.54) is 18.2 Å². The monoisotopic (exact) mass is 227 g/mol. The molecule has 0 unspecified atom stereocenters. The molecule has 0 fully saturated rings. The molecule has 0 aliphatic heterocycles. The number of rotatable bonds is 5. The zero-order valence-electron chi connectivity index (χ0n) is 8.40. The first-order valence-electron chi connectivity index (χ1n) is 4.39. The predicted molar refractivity (Wildman–Crippen MR) is 60.5 cm³/mol. The van der Waals surface area contributed by atoms with Crippen LogP contribution in [0.25, 0.3) is 0 Å². The first kappa shape index (κ1) is 11.7. The average Bonchev–Trinajstić information content (AvgIpc) is 2.20. The zero-order valence-corrected chi connectivity index (χ0v) is 9.21. The van der Waals surface area contributed by atoms with E-state index in [1.807, 2.05) is 6.26 Å². The Kier molecular flexibility index (Phi) is 4.30. The minimum atomic E-state index is -0.606. The van der Waals surface area contributed by atoms with Crippen molar-refractivity contribution in [1.29, 1.82) is 0 Å². The molecule has 1 aromatic rings. The Morgan fingerprint density at radius 1 is 1.60 bits per heavy atom. The van der Waals surface area contributed by atoms with Crippen LogP contribution in [0.3, 0.4) is 0 Å². The van der Waals surface area contributed by atoms with Crippen molar-refractivity contribution in [2.75, 3.05) is 18.6 Å². The summed E-state index contributed by atoms with van der Waals surface area (Å²) in [7, 11) is 0. The molecule has 15 heavy (non-hydrogen) atoms. The molecule has 5 heteroatoms. The number of primary amides is 1. The first-order valence-corrected chi connectivity index (χ1v) is 5.79. The maximum atomic E-state index is 11.0. The number of carbonyl (C=O) groups excluding carboxylic acids is 1. The molecule has 0 heterocycles. The molecule has 0 radical (unpaired) electrons. The van der Waals surface area contributed by atoms with Crippen molar-refractivity contribution in [3.8, 4) is 11.5 Å². The van der Waals surface area contributed by atoms with Crippen molar-refractivity contribution in [3.05, 3.63) is 23.8 Å². The highest BCUT2D eigenvalue weighted by Crippen LogP contribution is 2.23. The van der Waals surface area contributed by atoms with E-state index in [0.717, 1.165) is 5.75 Å². The van der Waals surface area contributed by atoms with Crippen LogP contribution < -0.4 is 10.5 Å². The van der Waals surface area contributed by atoms with Gasteiger partial charge in [0.2, 0.25) is 0 Å². The molecule has 0 spiro atoms. The molecule has 1 rings (SSSR count). The van der Waals surface area contributed by atoms with Crippen LogP contribution in [0.2, 0.25) is 0 Å². The van der Waals surface area contributed by atoms with Crippen molar-refractivity contribution < 1.29 is 14.6 Å². The summed E-state index contributed by atoms with van der Waals surface area (Å²) in [5.74, 6) is 0.638. The Hall–Kier alpha value is -1.36. The molecular formula is C10H13NO3S. The Labute approximate surface area is 92.4 Å². The highest BCUT2D eigenvalue weighted by atomic mass is 32.2. The van der Waals surface area contributed by atoms with E-state index >= 15 is 0 Å². The standard InChI is InChI=1S/C10H13NO3S/c1-15-5-4-14-9-3-2-7(12)6-8(9)10(11)13/h2-3,6,12H,4-5H2,1H3,(H2,11,13). The van der Waals surface area contributed by atoms with E-state index in [4.69, 9.17) is 10.5 Å². The van der Waals surface area contributed by atoms with E-state index in [2.05, 4.69) is 0 Å². The number of phenols is 1. The maximum absolute atomic E-state index is 11.0. The minimum Gasteiger partial charge on any atom is -0.508 e. The van der Waals surface area contributed by atoms with Gasteiger partial charge in [0, 0.05) is 5.75 Å². The second-order valence-electron chi connectivity index (χ2n) is 2.89. The van der Waals surface area contributed by atoms with Crippen LogP contribution in [0, 0.1) is 0 Å². The molecule has 1 amide bonds. The summed E-state index contributed by atoms with van der Waals surface area (Å²) in [5.41, 5.74) is 5.36. The van der Waals surface area contributed by atoms with Gasteiger partial charge in [-0.1, -0.05) is 0 Å². The van der Waals surface area contributed by atoms with Gasteiger partial charge in [-0.15, -0.1) is 0 Å². The van der Waals surface area contributed by atoms with Crippen molar-refractivity contribution in [1.82, 2.24) is 0 Å². The van der Waals surface area contributed by atoms with Crippen molar-refractivity contribution in [2.24, 2.45) is 5.73 Å². The van der Waals surface area contributed by atoms with Gasteiger partial charge in [-0.25, -0.2) is 0 Å². The van der Waals surface area contributed by atoms with Gasteiger partial charge < -0.3 is 15.6 Å². The lowest BCUT2D eigenvalue weighted by atomic mass is 10.2. The molecule has 0 aliphatic carbocycles. The molecule has 0 atom stereocenters. The normalized spacial score (nSPS) is 9.93. The first-order chi connectivity index (χ1) is 7.15. The second kappa shape index (κ2) is 5.50. The summed E-state index contributed by atoms with van der Waals surface area (Å²) in [6, 6.07) is 4.30. The molecule has 0 aliphatic rings. The Bertz CT molecular complexity index is 355. The van der Waals surface area contributed by atoms with E-state index in [0.29, 0.717) is 12.4 Å². The zero-order chi connectivity index (χ0) is 11.3. The number of carbonyl (C=O) groups is 1. The molecule has 0 bridgehead atoms. The molecule has 1 aromatic carbocycles. The van der Waals surface area contributed by atoms with Crippen LogP contribution in [0.15, 0.2) is 18.2 Å². The van der Waals surface area contributed by atoms with Crippen LogP contribution in [0.4, 0.5) is 0 Å². The number of hydrogen-bond acceptors (Lipinski definition) is 4. The quantitative estimate of drug-likeness (QED) is 0.742. The molecular weight excluding hydrogens is 214 g/mol. The molecule has 3 N–H and O–H groups in total. The van der Waals surface area contributed by atoms with Gasteiger partial charge in [-0.05, 0) is 24.5 Å². The number of thioether (sulfide) groups is 1. The number of phenolic OH excluding ortho intramolecular Hbond substituents is 1. The summed E-state index contributed by atoms with van der Waals surface area (Å²) in [6.07, 6.45) is 1.97. The fourth-order valence-corrected chi connectivity index (χ4v) is 1.32. The Morgan fingerprint density at radius 2 is 2.33 bits per heavy atom. The largest absolute Gasteiger partial charge is 0.508 e. The van der Waals surface area contributed by atoms with Crippen molar-refractivity contribution >= 4 is 17.7 Å². The topological polar surface area (TPSA) is 72.6 Å². The lowest BCUT2D eigenvalue weighted by Gasteiger charge is -2.08. The molecule has 0 saturated heterocycles. The van der Waals surface area contributed by atoms with Crippen LogP contribution in [0.1, 0.15) is 10.4 Å². The summed E-state index contributed by atoms with van der Waals surface area (Å²) >= 11 is 1.65. The average molecular weight is 227 g/mol. The van der Waals surface area contributed by atoms with Gasteiger partial charge >= 0.3 is 0 Å². The number of aromatic hydroxyl groups is 1. The third kappa shape index (κ3) is 3.36. The smallest absolute Gasteiger partial charge is 0.252 e. The minimum absolute atomic E-state index is 0.000941. The highest BCUT2D eigenvalue weighted by Gasteiger charge is 2.09. The van der Waals surface area contributed by atoms with E-state index < -0.39 is 5.91 Å². The van der Waals surface area contributed by atoms with Gasteiger partial charge in [-0.3, -0.25) is 4.79 Å². The van der Waals surface area contributed by atoms with Crippen LogP contribution in [-0.2, 0) is 0 Å². The molecule has 4 nitrogen and oxygen atoms in total. The molecule has 0 aromatic heterocycles. The fourth-order valence-electron chi connectivity index (χ4n) is 1.07. The Balaban J connectivity index is 2.81. The fraction of sp³-hybridized carbons (Fsp3) is 0.300. The highest BCUT2D eigenvalue weighted by molar-refractivity contribution is 7.98. The number of nitrogens with two attached hydrogens (primary N) is 1. The van der Waals surface area contributed by atoms with E-state index in [9.17, 15) is 9.90 Å². The van der Waals surface area contributed by atoms with Crippen molar-refractivity contribution in [3.63, 3.8) is 0 Å².